The topological polar surface area (TPSA) is 69.6 Å². The first-order chi connectivity index (χ1) is 12.1. The van der Waals surface area contributed by atoms with Crippen LogP contribution in [0.15, 0.2) is 46.9 Å². The predicted molar refractivity (Wildman–Crippen MR) is 86.1 cm³/mol. The highest BCUT2D eigenvalue weighted by Crippen LogP contribution is 2.23. The van der Waals surface area contributed by atoms with Gasteiger partial charge in [0.2, 0.25) is 5.89 Å². The van der Waals surface area contributed by atoms with E-state index < -0.39 is 12.3 Å². The molecule has 0 atom stereocenters. The molecule has 0 saturated heterocycles. The zero-order valence-electron chi connectivity index (χ0n) is 13.2. The molecule has 0 bridgehead atoms. The van der Waals surface area contributed by atoms with Crippen LogP contribution < -0.4 is 0 Å². The fourth-order valence-electron chi connectivity index (χ4n) is 2.56. The van der Waals surface area contributed by atoms with Gasteiger partial charge in [-0.15, -0.1) is 15.3 Å². The molecule has 0 saturated carbocycles. The molecule has 4 rings (SSSR count). The minimum absolute atomic E-state index is 0.0729. The number of halogens is 2. The Morgan fingerprint density at radius 3 is 2.56 bits per heavy atom. The number of rotatable bonds is 4. The number of hydrogen-bond acceptors (Lipinski definition) is 5. The molecule has 0 spiro atoms. The minimum Gasteiger partial charge on any atom is -0.415 e. The second kappa shape index (κ2) is 6.04. The number of aryl methyl sites for hydroxylation is 1. The first-order valence-corrected chi connectivity index (χ1v) is 7.61. The quantitative estimate of drug-likeness (QED) is 0.565. The van der Waals surface area contributed by atoms with Crippen molar-refractivity contribution < 1.29 is 13.2 Å². The van der Waals surface area contributed by atoms with E-state index in [1.807, 2.05) is 41.9 Å². The van der Waals surface area contributed by atoms with Crippen LogP contribution in [0.5, 0.6) is 0 Å². The molecule has 126 valence electrons. The van der Waals surface area contributed by atoms with Gasteiger partial charge < -0.3 is 4.42 Å². The third-order valence-corrected chi connectivity index (χ3v) is 3.83. The molecule has 4 aromatic rings. The smallest absolute Gasteiger partial charge is 0.314 e. The normalized spacial score (nSPS) is 11.5. The Bertz CT molecular complexity index is 1020. The zero-order valence-corrected chi connectivity index (χ0v) is 13.2. The Labute approximate surface area is 141 Å². The summed E-state index contributed by atoms with van der Waals surface area (Å²) in [7, 11) is 0. The third kappa shape index (κ3) is 2.98. The van der Waals surface area contributed by atoms with Crippen molar-refractivity contribution in [3.63, 3.8) is 0 Å². The van der Waals surface area contributed by atoms with Gasteiger partial charge in [-0.05, 0) is 42.3 Å². The van der Waals surface area contributed by atoms with Crippen molar-refractivity contribution >= 4 is 11.0 Å². The molecule has 6 nitrogen and oxygen atoms in total. The van der Waals surface area contributed by atoms with Crippen LogP contribution in [-0.4, -0.2) is 25.2 Å². The lowest BCUT2D eigenvalue weighted by Crippen LogP contribution is -2.01. The number of benzene rings is 2. The van der Waals surface area contributed by atoms with E-state index in [1.165, 1.54) is 0 Å². The van der Waals surface area contributed by atoms with E-state index in [4.69, 9.17) is 4.42 Å². The first kappa shape index (κ1) is 15.4. The van der Waals surface area contributed by atoms with E-state index in [2.05, 4.69) is 20.5 Å². The molecule has 0 aliphatic heterocycles. The monoisotopic (exact) mass is 341 g/mol. The zero-order chi connectivity index (χ0) is 17.4. The van der Waals surface area contributed by atoms with Gasteiger partial charge in [0, 0.05) is 5.56 Å². The second-order valence-corrected chi connectivity index (χ2v) is 5.68. The highest BCUT2D eigenvalue weighted by Gasteiger charge is 2.16. The van der Waals surface area contributed by atoms with Crippen molar-refractivity contribution in [2.75, 3.05) is 0 Å². The van der Waals surface area contributed by atoms with Gasteiger partial charge in [0.05, 0.1) is 12.1 Å². The summed E-state index contributed by atoms with van der Waals surface area (Å²) < 4.78 is 31.8. The Morgan fingerprint density at radius 1 is 1.04 bits per heavy atom. The molecule has 2 heterocycles. The third-order valence-electron chi connectivity index (χ3n) is 3.83. The van der Waals surface area contributed by atoms with Gasteiger partial charge >= 0.3 is 6.43 Å². The van der Waals surface area contributed by atoms with Crippen LogP contribution in [0.4, 0.5) is 8.78 Å². The van der Waals surface area contributed by atoms with Gasteiger partial charge in [-0.3, -0.25) is 0 Å². The second-order valence-electron chi connectivity index (χ2n) is 5.68. The Kier molecular flexibility index (Phi) is 3.72. The first-order valence-electron chi connectivity index (χ1n) is 7.61. The predicted octanol–water partition coefficient (Wildman–Crippen LogP) is 3.78. The van der Waals surface area contributed by atoms with Crippen molar-refractivity contribution in [1.29, 1.82) is 0 Å². The lowest BCUT2D eigenvalue weighted by molar-refractivity contribution is 0.116. The number of hydrogen-bond donors (Lipinski definition) is 0. The molecule has 2 aromatic carbocycles. The standard InChI is InChI=1S/C17H13F2N5O/c1-10-2-7-13-14(8-10)24(23-20-13)9-11-3-5-12(6-4-11)16-21-22-17(25-16)15(18)19/h2-8,15H,9H2,1H3. The van der Waals surface area contributed by atoms with Gasteiger partial charge in [-0.1, -0.05) is 23.4 Å². The summed E-state index contributed by atoms with van der Waals surface area (Å²) in [6.45, 7) is 2.57. The minimum atomic E-state index is -2.77. The number of aromatic nitrogens is 5. The van der Waals surface area contributed by atoms with Crippen LogP contribution >= 0.6 is 0 Å². The molecular formula is C17H13F2N5O. The Balaban J connectivity index is 1.58. The van der Waals surface area contributed by atoms with Gasteiger partial charge in [0.15, 0.2) is 0 Å². The van der Waals surface area contributed by atoms with E-state index >= 15 is 0 Å². The lowest BCUT2D eigenvalue weighted by atomic mass is 10.1. The fraction of sp³-hybridized carbons (Fsp3) is 0.176. The molecule has 0 aliphatic rings. The Hall–Kier alpha value is -3.16. The number of alkyl halides is 2. The van der Waals surface area contributed by atoms with E-state index in [0.29, 0.717) is 12.1 Å². The van der Waals surface area contributed by atoms with Crippen LogP contribution in [0, 0.1) is 6.92 Å². The summed E-state index contributed by atoms with van der Waals surface area (Å²) in [6, 6.07) is 13.2. The molecule has 0 amide bonds. The Morgan fingerprint density at radius 2 is 1.84 bits per heavy atom. The molecule has 0 unspecified atom stereocenters. The van der Waals surface area contributed by atoms with Crippen LogP contribution in [0.1, 0.15) is 23.4 Å². The van der Waals surface area contributed by atoms with E-state index in [9.17, 15) is 8.78 Å². The summed E-state index contributed by atoms with van der Waals surface area (Å²) in [4.78, 5) is 0. The SMILES string of the molecule is Cc1ccc2nnn(Cc3ccc(-c4nnc(C(F)F)o4)cc3)c2c1. The average Bonchev–Trinajstić information content (AvgIpc) is 3.23. The molecule has 0 fully saturated rings. The van der Waals surface area contributed by atoms with E-state index in [-0.39, 0.29) is 5.89 Å². The molecule has 2 aromatic heterocycles. The van der Waals surface area contributed by atoms with Crippen molar-refractivity contribution in [2.24, 2.45) is 0 Å². The largest absolute Gasteiger partial charge is 0.415 e. The van der Waals surface area contributed by atoms with Gasteiger partial charge in [0.1, 0.15) is 5.52 Å². The molecular weight excluding hydrogens is 328 g/mol. The molecule has 8 heteroatoms. The van der Waals surface area contributed by atoms with Gasteiger partial charge in [0.25, 0.3) is 5.89 Å². The maximum atomic E-state index is 12.5. The fourth-order valence-corrected chi connectivity index (χ4v) is 2.56. The summed E-state index contributed by atoms with van der Waals surface area (Å²) >= 11 is 0. The van der Waals surface area contributed by atoms with E-state index in [0.717, 1.165) is 22.2 Å². The van der Waals surface area contributed by atoms with Gasteiger partial charge in [-0.25, -0.2) is 4.68 Å². The summed E-state index contributed by atoms with van der Waals surface area (Å²) in [5, 5.41) is 15.3. The van der Waals surface area contributed by atoms with Crippen LogP contribution in [0.25, 0.3) is 22.5 Å². The lowest BCUT2D eigenvalue weighted by Gasteiger charge is -2.04. The molecule has 25 heavy (non-hydrogen) atoms. The molecule has 0 N–H and O–H groups in total. The number of nitrogens with zero attached hydrogens (tertiary/aromatic N) is 5. The molecule has 0 aliphatic carbocycles. The number of fused-ring (bicyclic) bond motifs is 1. The van der Waals surface area contributed by atoms with Crippen molar-refractivity contribution in [1.82, 2.24) is 25.2 Å². The summed E-state index contributed by atoms with van der Waals surface area (Å²) in [6.07, 6.45) is -2.77. The van der Waals surface area contributed by atoms with Crippen LogP contribution in [0.2, 0.25) is 0 Å². The van der Waals surface area contributed by atoms with Crippen LogP contribution in [-0.2, 0) is 6.54 Å². The highest BCUT2D eigenvalue weighted by molar-refractivity contribution is 5.75. The van der Waals surface area contributed by atoms with Crippen molar-refractivity contribution in [3.05, 3.63) is 59.5 Å². The summed E-state index contributed by atoms with van der Waals surface area (Å²) in [5.41, 5.74) is 4.51. The van der Waals surface area contributed by atoms with Crippen molar-refractivity contribution in [2.45, 2.75) is 19.9 Å². The van der Waals surface area contributed by atoms with Gasteiger partial charge in [-0.2, -0.15) is 8.78 Å². The summed E-state index contributed by atoms with van der Waals surface area (Å²) in [5.74, 6) is -0.604. The average molecular weight is 341 g/mol. The van der Waals surface area contributed by atoms with Crippen molar-refractivity contribution in [3.8, 4) is 11.5 Å². The molecule has 0 radical (unpaired) electrons. The maximum Gasteiger partial charge on any atom is 0.314 e. The van der Waals surface area contributed by atoms with E-state index in [1.54, 1.807) is 12.1 Å². The maximum absolute atomic E-state index is 12.5. The highest BCUT2D eigenvalue weighted by atomic mass is 19.3. The van der Waals surface area contributed by atoms with Crippen LogP contribution in [0.3, 0.4) is 0 Å².